The van der Waals surface area contributed by atoms with Crippen molar-refractivity contribution in [1.82, 2.24) is 4.90 Å². The Labute approximate surface area is 135 Å². The lowest BCUT2D eigenvalue weighted by molar-refractivity contribution is -0.0637. The molecule has 0 fully saturated rings. The lowest BCUT2D eigenvalue weighted by Gasteiger charge is -2.33. The zero-order chi connectivity index (χ0) is 15.4. The van der Waals surface area contributed by atoms with E-state index in [0.29, 0.717) is 19.6 Å². The van der Waals surface area contributed by atoms with Gasteiger partial charge in [-0.05, 0) is 16.7 Å². The number of aliphatic hydroxyl groups is 1. The summed E-state index contributed by atoms with van der Waals surface area (Å²) in [7, 11) is 0. The van der Waals surface area contributed by atoms with Crippen LogP contribution in [0.2, 0.25) is 0 Å². The molecule has 0 saturated carbocycles. The Morgan fingerprint density at radius 1 is 1.13 bits per heavy atom. The Kier molecular flexibility index (Phi) is 2.69. The van der Waals surface area contributed by atoms with Crippen LogP contribution in [0.15, 0.2) is 47.5 Å². The highest BCUT2D eigenvalue weighted by atomic mass is 16.5. The van der Waals surface area contributed by atoms with Crippen LogP contribution >= 0.6 is 0 Å². The third-order valence-corrected chi connectivity index (χ3v) is 5.12. The molecule has 3 heterocycles. The van der Waals surface area contributed by atoms with Crippen LogP contribution in [0.5, 0.6) is 0 Å². The Hall–Kier alpha value is -2.17. The molecular weight excluding hydrogens is 288 g/mol. The maximum atomic E-state index is 11.5. The number of rotatable bonds is 2. The smallest absolute Gasteiger partial charge is 0.170 e. The van der Waals surface area contributed by atoms with Gasteiger partial charge in [0.25, 0.3) is 0 Å². The molecule has 0 amide bonds. The third-order valence-electron chi connectivity index (χ3n) is 5.12. The van der Waals surface area contributed by atoms with Crippen molar-refractivity contribution in [2.75, 3.05) is 13.1 Å². The minimum atomic E-state index is -1.00. The van der Waals surface area contributed by atoms with E-state index in [4.69, 9.17) is 4.74 Å². The Bertz CT molecular complexity index is 830. The quantitative estimate of drug-likeness (QED) is 0.925. The van der Waals surface area contributed by atoms with Gasteiger partial charge in [0.1, 0.15) is 5.84 Å². The van der Waals surface area contributed by atoms with E-state index in [2.05, 4.69) is 34.2 Å². The molecule has 1 unspecified atom stereocenters. The zero-order valence-corrected chi connectivity index (χ0v) is 12.8. The second-order valence-corrected chi connectivity index (χ2v) is 6.49. The van der Waals surface area contributed by atoms with Gasteiger partial charge in [0.15, 0.2) is 5.72 Å². The Morgan fingerprint density at radius 2 is 2.00 bits per heavy atom. The number of benzene rings is 2. The summed E-state index contributed by atoms with van der Waals surface area (Å²) < 4.78 is 5.50. The second-order valence-electron chi connectivity index (χ2n) is 6.49. The van der Waals surface area contributed by atoms with Gasteiger partial charge in [-0.1, -0.05) is 42.5 Å². The van der Waals surface area contributed by atoms with Gasteiger partial charge in [0.2, 0.25) is 0 Å². The predicted octanol–water partition coefficient (Wildman–Crippen LogP) is 2.18. The fraction of sp³-hybridized carbons (Fsp3) is 0.316. The minimum absolute atomic E-state index is 0.566. The van der Waals surface area contributed by atoms with E-state index in [1.165, 1.54) is 11.1 Å². The molecule has 0 saturated heterocycles. The predicted molar refractivity (Wildman–Crippen MR) is 87.1 cm³/mol. The SMILES string of the molecule is OC1(Cc2ccc3c(c2)COC3)c2ccccc2C2=NCCN21. The average Bonchev–Trinajstić information content (AvgIpc) is 3.26. The molecular formula is C19H18N2O2. The van der Waals surface area contributed by atoms with Crippen molar-refractivity contribution in [3.05, 3.63) is 70.3 Å². The molecule has 2 aromatic carbocycles. The van der Waals surface area contributed by atoms with Crippen molar-refractivity contribution in [3.63, 3.8) is 0 Å². The van der Waals surface area contributed by atoms with Gasteiger partial charge < -0.3 is 14.7 Å². The number of hydrogen-bond acceptors (Lipinski definition) is 4. The molecule has 0 bridgehead atoms. The summed E-state index contributed by atoms with van der Waals surface area (Å²) in [5, 5.41) is 11.5. The monoisotopic (exact) mass is 306 g/mol. The maximum Gasteiger partial charge on any atom is 0.170 e. The van der Waals surface area contributed by atoms with Gasteiger partial charge >= 0.3 is 0 Å². The molecule has 0 spiro atoms. The van der Waals surface area contributed by atoms with Crippen LogP contribution in [-0.2, 0) is 30.1 Å². The highest BCUT2D eigenvalue weighted by Crippen LogP contribution is 2.41. The van der Waals surface area contributed by atoms with Crippen molar-refractivity contribution >= 4 is 5.84 Å². The fourth-order valence-electron chi connectivity index (χ4n) is 4.02. The summed E-state index contributed by atoms with van der Waals surface area (Å²) in [5.74, 6) is 0.938. The first-order chi connectivity index (χ1) is 11.3. The number of ether oxygens (including phenoxy) is 1. The summed E-state index contributed by atoms with van der Waals surface area (Å²) >= 11 is 0. The summed E-state index contributed by atoms with van der Waals surface area (Å²) in [6, 6.07) is 14.5. The molecule has 4 nitrogen and oxygen atoms in total. The number of hydrogen-bond donors (Lipinski definition) is 1. The molecule has 116 valence electrons. The average molecular weight is 306 g/mol. The largest absolute Gasteiger partial charge is 0.372 e. The lowest BCUT2D eigenvalue weighted by atomic mass is 9.93. The molecule has 1 atom stereocenters. The molecule has 4 heteroatoms. The highest BCUT2D eigenvalue weighted by Gasteiger charge is 2.48. The fourth-order valence-corrected chi connectivity index (χ4v) is 4.02. The van der Waals surface area contributed by atoms with Crippen molar-refractivity contribution in [2.24, 2.45) is 4.99 Å². The van der Waals surface area contributed by atoms with Crippen LogP contribution in [-0.4, -0.2) is 28.9 Å². The first-order valence-electron chi connectivity index (χ1n) is 8.08. The van der Waals surface area contributed by atoms with Gasteiger partial charge in [-0.2, -0.15) is 0 Å². The van der Waals surface area contributed by atoms with Gasteiger partial charge in [-0.3, -0.25) is 4.99 Å². The van der Waals surface area contributed by atoms with Crippen LogP contribution in [0.1, 0.15) is 27.8 Å². The van der Waals surface area contributed by atoms with E-state index in [1.807, 2.05) is 18.2 Å². The van der Waals surface area contributed by atoms with Gasteiger partial charge in [-0.15, -0.1) is 0 Å². The Balaban J connectivity index is 1.58. The van der Waals surface area contributed by atoms with Gasteiger partial charge in [0.05, 0.1) is 19.8 Å². The number of fused-ring (bicyclic) bond motifs is 4. The van der Waals surface area contributed by atoms with Crippen LogP contribution < -0.4 is 0 Å². The van der Waals surface area contributed by atoms with Gasteiger partial charge in [-0.25, -0.2) is 0 Å². The van der Waals surface area contributed by atoms with Crippen LogP contribution in [0, 0.1) is 0 Å². The summed E-state index contributed by atoms with van der Waals surface area (Å²) in [5.41, 5.74) is 4.68. The summed E-state index contributed by atoms with van der Waals surface area (Å²) in [6.45, 7) is 2.90. The molecule has 2 aromatic rings. The van der Waals surface area contributed by atoms with Crippen molar-refractivity contribution in [3.8, 4) is 0 Å². The number of nitrogens with zero attached hydrogens (tertiary/aromatic N) is 2. The molecule has 3 aliphatic heterocycles. The first kappa shape index (κ1) is 13.3. The van der Waals surface area contributed by atoms with E-state index in [0.717, 1.165) is 35.6 Å². The van der Waals surface area contributed by atoms with E-state index < -0.39 is 5.72 Å². The Morgan fingerprint density at radius 3 is 2.96 bits per heavy atom. The number of aliphatic imine (C=N–C) groups is 1. The van der Waals surface area contributed by atoms with Crippen molar-refractivity contribution in [1.29, 1.82) is 0 Å². The van der Waals surface area contributed by atoms with E-state index in [-0.39, 0.29) is 0 Å². The van der Waals surface area contributed by atoms with Crippen LogP contribution in [0.3, 0.4) is 0 Å². The number of amidine groups is 1. The molecule has 23 heavy (non-hydrogen) atoms. The zero-order valence-electron chi connectivity index (χ0n) is 12.8. The molecule has 0 aliphatic carbocycles. The standard InChI is InChI=1S/C19H18N2O2/c22-19(10-13-5-6-14-11-23-12-15(14)9-13)17-4-2-1-3-16(17)18-20-7-8-21(18)19/h1-6,9,22H,7-8,10-12H2. The van der Waals surface area contributed by atoms with E-state index in [9.17, 15) is 5.11 Å². The molecule has 3 aliphatic rings. The van der Waals surface area contributed by atoms with E-state index >= 15 is 0 Å². The molecule has 5 rings (SSSR count). The highest BCUT2D eigenvalue weighted by molar-refractivity contribution is 6.04. The minimum Gasteiger partial charge on any atom is -0.372 e. The molecule has 0 radical (unpaired) electrons. The summed E-state index contributed by atoms with van der Waals surface area (Å²) in [6.07, 6.45) is 0.566. The van der Waals surface area contributed by atoms with Gasteiger partial charge in [0, 0.05) is 24.1 Å². The van der Waals surface area contributed by atoms with E-state index in [1.54, 1.807) is 0 Å². The normalized spacial score (nSPS) is 24.4. The van der Waals surface area contributed by atoms with Crippen molar-refractivity contribution < 1.29 is 9.84 Å². The molecule has 1 N–H and O–H groups in total. The van der Waals surface area contributed by atoms with Crippen LogP contribution in [0.25, 0.3) is 0 Å². The topological polar surface area (TPSA) is 45.1 Å². The van der Waals surface area contributed by atoms with Crippen molar-refractivity contribution in [2.45, 2.75) is 25.4 Å². The van der Waals surface area contributed by atoms with Crippen LogP contribution in [0.4, 0.5) is 0 Å². The second kappa shape index (κ2) is 4.66. The third kappa shape index (κ3) is 1.82. The first-order valence-corrected chi connectivity index (χ1v) is 8.08. The summed E-state index contributed by atoms with van der Waals surface area (Å²) in [4.78, 5) is 6.65. The lowest BCUT2D eigenvalue weighted by Crippen LogP contribution is -2.44. The molecule has 0 aromatic heterocycles. The maximum absolute atomic E-state index is 11.5.